The first kappa shape index (κ1) is 10.4. The molecular weight excluding hydrogens is 176 g/mol. The highest BCUT2D eigenvalue weighted by Crippen LogP contribution is 2.11. The SMILES string of the molecule is C/C(CC=O)=N/N(C)c1ccccc1. The molecule has 0 radical (unpaired) electrons. The fraction of sp³-hybridized carbons (Fsp3) is 0.273. The molecule has 0 amide bonds. The summed E-state index contributed by atoms with van der Waals surface area (Å²) in [7, 11) is 1.86. The summed E-state index contributed by atoms with van der Waals surface area (Å²) in [5, 5.41) is 6.02. The average Bonchev–Trinajstić information content (AvgIpc) is 2.19. The molecule has 0 aromatic heterocycles. The molecule has 0 aliphatic heterocycles. The molecule has 1 rings (SSSR count). The monoisotopic (exact) mass is 190 g/mol. The van der Waals surface area contributed by atoms with Crippen molar-refractivity contribution in [1.82, 2.24) is 0 Å². The summed E-state index contributed by atoms with van der Waals surface area (Å²) < 4.78 is 0. The number of hydrogen-bond acceptors (Lipinski definition) is 3. The number of hydrogen-bond donors (Lipinski definition) is 0. The van der Waals surface area contributed by atoms with Gasteiger partial charge in [-0.3, -0.25) is 5.01 Å². The van der Waals surface area contributed by atoms with Gasteiger partial charge in [0.15, 0.2) is 0 Å². The lowest BCUT2D eigenvalue weighted by atomic mass is 10.3. The van der Waals surface area contributed by atoms with E-state index in [1.807, 2.05) is 44.3 Å². The number of hydrazone groups is 1. The molecule has 0 N–H and O–H groups in total. The van der Waals surface area contributed by atoms with E-state index in [0.717, 1.165) is 17.7 Å². The van der Waals surface area contributed by atoms with Crippen molar-refractivity contribution in [3.8, 4) is 0 Å². The second-order valence-electron chi connectivity index (χ2n) is 3.07. The smallest absolute Gasteiger partial charge is 0.125 e. The van der Waals surface area contributed by atoms with Crippen LogP contribution in [0.5, 0.6) is 0 Å². The second kappa shape index (κ2) is 5.17. The first-order chi connectivity index (χ1) is 6.74. The third-order valence-corrected chi connectivity index (χ3v) is 1.83. The summed E-state index contributed by atoms with van der Waals surface area (Å²) in [6.45, 7) is 1.84. The lowest BCUT2D eigenvalue weighted by molar-refractivity contribution is -0.106. The molecule has 0 saturated heterocycles. The maximum absolute atomic E-state index is 10.2. The van der Waals surface area contributed by atoms with Crippen molar-refractivity contribution >= 4 is 17.7 Å². The quantitative estimate of drug-likeness (QED) is 0.413. The van der Waals surface area contributed by atoms with E-state index in [0.29, 0.717) is 6.42 Å². The lowest BCUT2D eigenvalue weighted by Crippen LogP contribution is -2.11. The molecule has 1 aromatic carbocycles. The third-order valence-electron chi connectivity index (χ3n) is 1.83. The molecule has 3 heteroatoms. The van der Waals surface area contributed by atoms with Crippen LogP contribution in [-0.4, -0.2) is 19.0 Å². The summed E-state index contributed by atoms with van der Waals surface area (Å²) in [6.07, 6.45) is 1.24. The minimum absolute atomic E-state index is 0.386. The van der Waals surface area contributed by atoms with E-state index >= 15 is 0 Å². The Balaban J connectivity index is 2.71. The molecule has 0 heterocycles. The topological polar surface area (TPSA) is 32.7 Å². The zero-order chi connectivity index (χ0) is 10.4. The van der Waals surface area contributed by atoms with Gasteiger partial charge >= 0.3 is 0 Å². The molecule has 3 nitrogen and oxygen atoms in total. The number of para-hydroxylation sites is 1. The van der Waals surface area contributed by atoms with E-state index in [2.05, 4.69) is 5.10 Å². The van der Waals surface area contributed by atoms with Gasteiger partial charge in [-0.15, -0.1) is 0 Å². The highest BCUT2D eigenvalue weighted by Gasteiger charge is 1.97. The van der Waals surface area contributed by atoms with Gasteiger partial charge in [-0.05, 0) is 19.1 Å². The van der Waals surface area contributed by atoms with Gasteiger partial charge in [-0.25, -0.2) is 0 Å². The number of benzene rings is 1. The highest BCUT2D eigenvalue weighted by molar-refractivity contribution is 5.92. The Bertz CT molecular complexity index is 319. The van der Waals surface area contributed by atoms with Crippen molar-refractivity contribution in [2.75, 3.05) is 12.1 Å². The van der Waals surface area contributed by atoms with E-state index < -0.39 is 0 Å². The third kappa shape index (κ3) is 3.01. The van der Waals surface area contributed by atoms with Gasteiger partial charge in [0.2, 0.25) is 0 Å². The number of aldehydes is 1. The van der Waals surface area contributed by atoms with Crippen LogP contribution in [0.1, 0.15) is 13.3 Å². The molecule has 0 aliphatic rings. The van der Waals surface area contributed by atoms with Crippen molar-refractivity contribution in [2.45, 2.75) is 13.3 Å². The Morgan fingerprint density at radius 3 is 2.64 bits per heavy atom. The average molecular weight is 190 g/mol. The highest BCUT2D eigenvalue weighted by atomic mass is 16.1. The van der Waals surface area contributed by atoms with E-state index in [9.17, 15) is 4.79 Å². The van der Waals surface area contributed by atoms with Crippen LogP contribution >= 0.6 is 0 Å². The Kier molecular flexibility index (Phi) is 3.85. The molecule has 14 heavy (non-hydrogen) atoms. The predicted octanol–water partition coefficient (Wildman–Crippen LogP) is 2.09. The Labute approximate surface area is 84.0 Å². The molecular formula is C11H14N2O. The zero-order valence-corrected chi connectivity index (χ0v) is 8.47. The van der Waals surface area contributed by atoms with Gasteiger partial charge in [0.05, 0.1) is 5.69 Å². The predicted molar refractivity (Wildman–Crippen MR) is 58.6 cm³/mol. The van der Waals surface area contributed by atoms with Crippen molar-refractivity contribution in [3.63, 3.8) is 0 Å². The number of rotatable bonds is 4. The van der Waals surface area contributed by atoms with Gasteiger partial charge in [-0.2, -0.15) is 5.10 Å². The lowest BCUT2D eigenvalue weighted by Gasteiger charge is -2.13. The van der Waals surface area contributed by atoms with Crippen molar-refractivity contribution in [1.29, 1.82) is 0 Å². The van der Waals surface area contributed by atoms with Gasteiger partial charge < -0.3 is 4.79 Å². The van der Waals surface area contributed by atoms with Crippen LogP contribution in [0.3, 0.4) is 0 Å². The van der Waals surface area contributed by atoms with Crippen LogP contribution in [0.4, 0.5) is 5.69 Å². The van der Waals surface area contributed by atoms with Gasteiger partial charge in [0.1, 0.15) is 6.29 Å². The van der Waals surface area contributed by atoms with Gasteiger partial charge in [-0.1, -0.05) is 18.2 Å². The molecule has 74 valence electrons. The van der Waals surface area contributed by atoms with Gasteiger partial charge in [0.25, 0.3) is 0 Å². The van der Waals surface area contributed by atoms with E-state index in [-0.39, 0.29) is 0 Å². The van der Waals surface area contributed by atoms with E-state index in [4.69, 9.17) is 0 Å². The summed E-state index contributed by atoms with van der Waals surface area (Å²) in [6, 6.07) is 9.81. The summed E-state index contributed by atoms with van der Waals surface area (Å²) >= 11 is 0. The van der Waals surface area contributed by atoms with Crippen molar-refractivity contribution in [2.24, 2.45) is 5.10 Å². The minimum Gasteiger partial charge on any atom is -0.303 e. The standard InChI is InChI=1S/C11H14N2O/c1-10(8-9-14)12-13(2)11-6-4-3-5-7-11/h3-7,9H,8H2,1-2H3/b12-10-. The minimum atomic E-state index is 0.386. The van der Waals surface area contributed by atoms with Crippen LogP contribution in [0, 0.1) is 0 Å². The summed E-state index contributed by atoms with van der Waals surface area (Å²) in [4.78, 5) is 10.2. The number of anilines is 1. The molecule has 0 atom stereocenters. The Hall–Kier alpha value is -1.64. The maximum Gasteiger partial charge on any atom is 0.125 e. The Morgan fingerprint density at radius 1 is 1.43 bits per heavy atom. The number of carbonyl (C=O) groups excluding carboxylic acids is 1. The molecule has 0 fully saturated rings. The van der Waals surface area contributed by atoms with Crippen LogP contribution in [0.15, 0.2) is 35.4 Å². The van der Waals surface area contributed by atoms with Crippen LogP contribution in [0.25, 0.3) is 0 Å². The second-order valence-corrected chi connectivity index (χ2v) is 3.07. The fourth-order valence-electron chi connectivity index (χ4n) is 1.12. The van der Waals surface area contributed by atoms with Crippen molar-refractivity contribution < 1.29 is 4.79 Å². The van der Waals surface area contributed by atoms with Crippen LogP contribution in [-0.2, 0) is 4.79 Å². The normalized spacial score (nSPS) is 11.1. The fourth-order valence-corrected chi connectivity index (χ4v) is 1.12. The van der Waals surface area contributed by atoms with Crippen molar-refractivity contribution in [3.05, 3.63) is 30.3 Å². The summed E-state index contributed by atoms with van der Waals surface area (Å²) in [5.41, 5.74) is 1.82. The first-order valence-corrected chi connectivity index (χ1v) is 4.50. The molecule has 0 bridgehead atoms. The molecule has 1 aromatic rings. The van der Waals surface area contributed by atoms with Gasteiger partial charge in [0, 0.05) is 19.2 Å². The first-order valence-electron chi connectivity index (χ1n) is 4.50. The number of carbonyl (C=O) groups is 1. The Morgan fingerprint density at radius 2 is 2.07 bits per heavy atom. The molecule has 0 aliphatic carbocycles. The summed E-state index contributed by atoms with van der Waals surface area (Å²) in [5.74, 6) is 0. The van der Waals surface area contributed by atoms with E-state index in [1.54, 1.807) is 5.01 Å². The zero-order valence-electron chi connectivity index (χ0n) is 8.47. The molecule has 0 spiro atoms. The molecule has 0 unspecified atom stereocenters. The van der Waals surface area contributed by atoms with E-state index in [1.165, 1.54) is 0 Å². The van der Waals surface area contributed by atoms with Crippen LogP contribution in [0.2, 0.25) is 0 Å². The van der Waals surface area contributed by atoms with Crippen LogP contribution < -0.4 is 5.01 Å². The molecule has 0 saturated carbocycles. The number of nitrogens with zero attached hydrogens (tertiary/aromatic N) is 2. The maximum atomic E-state index is 10.2. The largest absolute Gasteiger partial charge is 0.303 e.